The molecule has 1 amide bonds. The van der Waals surface area contributed by atoms with Crippen molar-refractivity contribution in [1.82, 2.24) is 10.1 Å². The van der Waals surface area contributed by atoms with Crippen LogP contribution in [0.2, 0.25) is 0 Å². The zero-order chi connectivity index (χ0) is 11.7. The summed E-state index contributed by atoms with van der Waals surface area (Å²) in [6, 6.07) is 0.106. The second-order valence-corrected chi connectivity index (χ2v) is 4.22. The number of likely N-dealkylation sites (tertiary alicyclic amines) is 1. The minimum absolute atomic E-state index is 0.00329. The summed E-state index contributed by atoms with van der Waals surface area (Å²) in [5.74, 6) is 0.673. The van der Waals surface area contributed by atoms with E-state index in [0.717, 1.165) is 13.0 Å². The first-order chi connectivity index (χ1) is 7.63. The van der Waals surface area contributed by atoms with Gasteiger partial charge in [-0.15, -0.1) is 0 Å². The Morgan fingerprint density at radius 3 is 3.00 bits per heavy atom. The molecule has 1 fully saturated rings. The van der Waals surface area contributed by atoms with E-state index in [2.05, 4.69) is 5.16 Å². The van der Waals surface area contributed by atoms with Crippen LogP contribution in [0.5, 0.6) is 0 Å². The third kappa shape index (κ3) is 1.82. The van der Waals surface area contributed by atoms with Gasteiger partial charge in [-0.25, -0.2) is 0 Å². The number of hydrogen-bond acceptors (Lipinski definition) is 4. The highest BCUT2D eigenvalue weighted by atomic mass is 16.5. The van der Waals surface area contributed by atoms with Crippen molar-refractivity contribution in [3.63, 3.8) is 0 Å². The highest BCUT2D eigenvalue weighted by Gasteiger charge is 2.29. The van der Waals surface area contributed by atoms with E-state index in [1.807, 2.05) is 6.92 Å². The minimum Gasteiger partial charge on any atom is -0.360 e. The summed E-state index contributed by atoms with van der Waals surface area (Å²) in [5, 5.41) is 3.85. The van der Waals surface area contributed by atoms with Crippen molar-refractivity contribution in [1.29, 1.82) is 0 Å². The van der Waals surface area contributed by atoms with Gasteiger partial charge in [-0.2, -0.15) is 0 Å². The van der Waals surface area contributed by atoms with Crippen LogP contribution in [0.25, 0.3) is 0 Å². The fraction of sp³-hybridized carbons (Fsp3) is 0.636. The fourth-order valence-electron chi connectivity index (χ4n) is 2.06. The van der Waals surface area contributed by atoms with Crippen LogP contribution in [0, 0.1) is 6.92 Å². The Labute approximate surface area is 94.6 Å². The Bertz CT molecular complexity index is 400. The third-order valence-electron chi connectivity index (χ3n) is 2.98. The lowest BCUT2D eigenvalue weighted by atomic mass is 10.1. The first-order valence-electron chi connectivity index (χ1n) is 5.63. The molecular weight excluding hydrogens is 206 g/mol. The molecule has 0 unspecified atom stereocenters. The number of aryl methyl sites for hydroxylation is 2. The Kier molecular flexibility index (Phi) is 2.96. The van der Waals surface area contributed by atoms with Crippen molar-refractivity contribution in [2.24, 2.45) is 5.73 Å². The van der Waals surface area contributed by atoms with Gasteiger partial charge >= 0.3 is 0 Å². The second-order valence-electron chi connectivity index (χ2n) is 4.22. The molecule has 2 rings (SSSR count). The number of hydrogen-bond donors (Lipinski definition) is 1. The summed E-state index contributed by atoms with van der Waals surface area (Å²) < 4.78 is 5.12. The van der Waals surface area contributed by atoms with Gasteiger partial charge < -0.3 is 15.2 Å². The normalized spacial score (nSPS) is 20.4. The van der Waals surface area contributed by atoms with Crippen LogP contribution in [-0.4, -0.2) is 35.1 Å². The number of rotatable bonds is 2. The molecule has 0 bridgehead atoms. The van der Waals surface area contributed by atoms with E-state index in [4.69, 9.17) is 10.3 Å². The van der Waals surface area contributed by atoms with Crippen LogP contribution in [0.3, 0.4) is 0 Å². The van der Waals surface area contributed by atoms with Crippen LogP contribution in [-0.2, 0) is 6.42 Å². The quantitative estimate of drug-likeness (QED) is 0.801. The maximum Gasteiger partial charge on any atom is 0.259 e. The van der Waals surface area contributed by atoms with Crippen LogP contribution in [0.15, 0.2) is 4.52 Å². The first kappa shape index (κ1) is 11.1. The van der Waals surface area contributed by atoms with E-state index in [1.54, 1.807) is 11.8 Å². The molecule has 16 heavy (non-hydrogen) atoms. The first-order valence-corrected chi connectivity index (χ1v) is 5.63. The summed E-state index contributed by atoms with van der Waals surface area (Å²) in [4.78, 5) is 14.0. The number of carbonyl (C=O) groups excluding carboxylic acids is 1. The van der Waals surface area contributed by atoms with Gasteiger partial charge in [0.15, 0.2) is 0 Å². The SMILES string of the molecule is CCc1onc(C)c1C(=O)N1CC[C@@H](N)C1. The second kappa shape index (κ2) is 4.25. The van der Waals surface area contributed by atoms with Crippen molar-refractivity contribution < 1.29 is 9.32 Å². The third-order valence-corrected chi connectivity index (χ3v) is 2.98. The highest BCUT2D eigenvalue weighted by Crippen LogP contribution is 2.19. The van der Waals surface area contributed by atoms with Crippen LogP contribution < -0.4 is 5.73 Å². The van der Waals surface area contributed by atoms with Gasteiger partial charge in [-0.1, -0.05) is 12.1 Å². The maximum absolute atomic E-state index is 12.2. The summed E-state index contributed by atoms with van der Waals surface area (Å²) in [6.45, 7) is 5.11. The topological polar surface area (TPSA) is 72.4 Å². The highest BCUT2D eigenvalue weighted by molar-refractivity contribution is 5.96. The molecule has 88 valence electrons. The Morgan fingerprint density at radius 1 is 1.69 bits per heavy atom. The Morgan fingerprint density at radius 2 is 2.44 bits per heavy atom. The van der Waals surface area contributed by atoms with Gasteiger partial charge in [0.25, 0.3) is 5.91 Å². The lowest BCUT2D eigenvalue weighted by Crippen LogP contribution is -2.32. The van der Waals surface area contributed by atoms with Gasteiger partial charge in [-0.05, 0) is 13.3 Å². The van der Waals surface area contributed by atoms with E-state index >= 15 is 0 Å². The predicted octanol–water partition coefficient (Wildman–Crippen LogP) is 0.719. The zero-order valence-corrected chi connectivity index (χ0v) is 9.69. The molecule has 2 N–H and O–H groups in total. The molecule has 5 heteroatoms. The summed E-state index contributed by atoms with van der Waals surface area (Å²) in [5.41, 5.74) is 7.08. The average molecular weight is 223 g/mol. The van der Waals surface area contributed by atoms with Crippen molar-refractivity contribution in [3.05, 3.63) is 17.0 Å². The zero-order valence-electron chi connectivity index (χ0n) is 9.69. The van der Waals surface area contributed by atoms with Crippen molar-refractivity contribution >= 4 is 5.91 Å². The fourth-order valence-corrected chi connectivity index (χ4v) is 2.06. The summed E-state index contributed by atoms with van der Waals surface area (Å²) in [6.07, 6.45) is 1.55. The summed E-state index contributed by atoms with van der Waals surface area (Å²) in [7, 11) is 0. The molecule has 1 aromatic rings. The largest absolute Gasteiger partial charge is 0.360 e. The molecule has 5 nitrogen and oxygen atoms in total. The molecule has 1 atom stereocenters. The molecule has 0 spiro atoms. The van der Waals surface area contributed by atoms with Crippen molar-refractivity contribution in [2.75, 3.05) is 13.1 Å². The van der Waals surface area contributed by atoms with Gasteiger partial charge in [0.2, 0.25) is 0 Å². The lowest BCUT2D eigenvalue weighted by molar-refractivity contribution is 0.0788. The molecule has 0 radical (unpaired) electrons. The van der Waals surface area contributed by atoms with E-state index in [0.29, 0.717) is 30.0 Å². The Hall–Kier alpha value is -1.36. The van der Waals surface area contributed by atoms with Gasteiger partial charge in [0.05, 0.1) is 5.69 Å². The Balaban J connectivity index is 2.23. The molecule has 0 saturated carbocycles. The van der Waals surface area contributed by atoms with Crippen LogP contribution in [0.1, 0.15) is 35.2 Å². The van der Waals surface area contributed by atoms with Crippen LogP contribution >= 0.6 is 0 Å². The lowest BCUT2D eigenvalue weighted by Gasteiger charge is -2.15. The van der Waals surface area contributed by atoms with E-state index < -0.39 is 0 Å². The average Bonchev–Trinajstić information content (AvgIpc) is 2.83. The molecule has 1 aliphatic heterocycles. The number of nitrogens with two attached hydrogens (primary N) is 1. The van der Waals surface area contributed by atoms with Gasteiger partial charge in [-0.3, -0.25) is 4.79 Å². The number of amides is 1. The van der Waals surface area contributed by atoms with E-state index in [9.17, 15) is 4.79 Å². The minimum atomic E-state index is 0.00329. The molecule has 0 aliphatic carbocycles. The van der Waals surface area contributed by atoms with Gasteiger partial charge in [0.1, 0.15) is 11.3 Å². The molecular formula is C11H17N3O2. The van der Waals surface area contributed by atoms with Gasteiger partial charge in [0, 0.05) is 25.6 Å². The number of aromatic nitrogens is 1. The molecule has 2 heterocycles. The number of nitrogens with zero attached hydrogens (tertiary/aromatic N) is 2. The molecule has 0 aromatic carbocycles. The van der Waals surface area contributed by atoms with E-state index in [-0.39, 0.29) is 11.9 Å². The monoisotopic (exact) mass is 223 g/mol. The molecule has 1 saturated heterocycles. The van der Waals surface area contributed by atoms with Crippen molar-refractivity contribution in [3.8, 4) is 0 Å². The smallest absolute Gasteiger partial charge is 0.259 e. The molecule has 1 aliphatic rings. The van der Waals surface area contributed by atoms with E-state index in [1.165, 1.54) is 0 Å². The van der Waals surface area contributed by atoms with Crippen molar-refractivity contribution in [2.45, 2.75) is 32.7 Å². The number of carbonyl (C=O) groups is 1. The summed E-state index contributed by atoms with van der Waals surface area (Å²) >= 11 is 0. The maximum atomic E-state index is 12.2. The van der Waals surface area contributed by atoms with Crippen LogP contribution in [0.4, 0.5) is 0 Å². The standard InChI is InChI=1S/C11H17N3O2/c1-3-9-10(7(2)13-16-9)11(15)14-5-4-8(12)6-14/h8H,3-6,12H2,1-2H3/t8-/m1/s1. The molecule has 1 aromatic heterocycles. The predicted molar refractivity (Wildman–Crippen MR) is 59.1 cm³/mol.